The Morgan fingerprint density at radius 2 is 1.62 bits per heavy atom. The average Bonchev–Trinajstić information content (AvgIpc) is 2.71. The molecular formula is C17H17BrN2O. The van der Waals surface area contributed by atoms with Gasteiger partial charge in [-0.05, 0) is 30.2 Å². The molecule has 0 amide bonds. The fourth-order valence-corrected chi connectivity index (χ4v) is 3.27. The van der Waals surface area contributed by atoms with Gasteiger partial charge in [-0.25, -0.2) is 4.79 Å². The van der Waals surface area contributed by atoms with E-state index in [0.717, 1.165) is 16.6 Å². The van der Waals surface area contributed by atoms with E-state index in [1.807, 2.05) is 13.1 Å². The molecule has 0 spiro atoms. The second-order valence-corrected chi connectivity index (χ2v) is 6.34. The lowest BCUT2D eigenvalue weighted by atomic mass is 10.0. The minimum absolute atomic E-state index is 0.00354. The van der Waals surface area contributed by atoms with Crippen molar-refractivity contribution in [3.05, 3.63) is 69.6 Å². The molecular weight excluding hydrogens is 328 g/mol. The molecule has 0 bridgehead atoms. The molecule has 0 saturated carbocycles. The first kappa shape index (κ1) is 14.1. The average molecular weight is 345 g/mol. The van der Waals surface area contributed by atoms with E-state index in [1.54, 1.807) is 16.2 Å². The summed E-state index contributed by atoms with van der Waals surface area (Å²) < 4.78 is 3.36. The zero-order chi connectivity index (χ0) is 15.1. The van der Waals surface area contributed by atoms with Gasteiger partial charge in [-0.2, -0.15) is 0 Å². The number of nitrogens with zero attached hydrogens (tertiary/aromatic N) is 2. The number of alkyl halides is 1. The summed E-state index contributed by atoms with van der Waals surface area (Å²) in [5.41, 5.74) is 5.52. The van der Waals surface area contributed by atoms with E-state index in [-0.39, 0.29) is 10.5 Å². The van der Waals surface area contributed by atoms with E-state index < -0.39 is 0 Å². The number of aromatic nitrogens is 2. The van der Waals surface area contributed by atoms with Gasteiger partial charge >= 0.3 is 5.69 Å². The molecule has 1 heterocycles. The second-order valence-electron chi connectivity index (χ2n) is 5.43. The molecule has 1 atom stereocenters. The molecule has 0 N–H and O–H groups in total. The molecule has 0 aliphatic rings. The lowest BCUT2D eigenvalue weighted by Gasteiger charge is -2.12. The predicted octanol–water partition coefficient (Wildman–Crippen LogP) is 3.67. The first-order chi connectivity index (χ1) is 9.99. The van der Waals surface area contributed by atoms with Gasteiger partial charge in [0.15, 0.2) is 0 Å². The molecule has 21 heavy (non-hydrogen) atoms. The molecule has 1 unspecified atom stereocenters. The molecule has 3 aromatic rings. The molecule has 0 radical (unpaired) electrons. The zero-order valence-electron chi connectivity index (χ0n) is 12.3. The standard InChI is InChI=1S/C17H17BrN2O/c1-11-5-4-6-12(9-11)16(18)13-7-8-14-15(10-13)20(3)17(21)19(14)2/h4-10,16H,1-3H3. The van der Waals surface area contributed by atoms with Gasteiger partial charge in [0.1, 0.15) is 0 Å². The summed E-state index contributed by atoms with van der Waals surface area (Å²) in [4.78, 5) is 12.1. The van der Waals surface area contributed by atoms with E-state index in [1.165, 1.54) is 11.1 Å². The molecule has 3 nitrogen and oxygen atoms in total. The highest BCUT2D eigenvalue weighted by Crippen LogP contribution is 2.32. The van der Waals surface area contributed by atoms with Crippen molar-refractivity contribution >= 4 is 27.0 Å². The van der Waals surface area contributed by atoms with Gasteiger partial charge in [-0.15, -0.1) is 0 Å². The van der Waals surface area contributed by atoms with E-state index in [4.69, 9.17) is 0 Å². The molecule has 4 heteroatoms. The SMILES string of the molecule is Cc1cccc(C(Br)c2ccc3c(c2)n(C)c(=O)n3C)c1. The number of imidazole rings is 1. The number of hydrogen-bond acceptors (Lipinski definition) is 1. The molecule has 0 aliphatic carbocycles. The van der Waals surface area contributed by atoms with Crippen molar-refractivity contribution in [2.75, 3.05) is 0 Å². The van der Waals surface area contributed by atoms with Gasteiger partial charge in [0.05, 0.1) is 15.9 Å². The van der Waals surface area contributed by atoms with E-state index in [0.29, 0.717) is 0 Å². The van der Waals surface area contributed by atoms with Crippen LogP contribution in [0.4, 0.5) is 0 Å². The molecule has 108 valence electrons. The van der Waals surface area contributed by atoms with Crippen LogP contribution >= 0.6 is 15.9 Å². The topological polar surface area (TPSA) is 26.9 Å². The van der Waals surface area contributed by atoms with Crippen LogP contribution in [0.5, 0.6) is 0 Å². The third kappa shape index (κ3) is 2.33. The Kier molecular flexibility index (Phi) is 3.49. The van der Waals surface area contributed by atoms with Gasteiger partial charge in [-0.1, -0.05) is 51.8 Å². The number of rotatable bonds is 2. The third-order valence-corrected chi connectivity index (χ3v) is 4.98. The fraction of sp³-hybridized carbons (Fsp3) is 0.235. The Hall–Kier alpha value is -1.81. The van der Waals surface area contributed by atoms with E-state index in [9.17, 15) is 4.79 Å². The highest BCUT2D eigenvalue weighted by atomic mass is 79.9. The van der Waals surface area contributed by atoms with Crippen molar-refractivity contribution in [2.24, 2.45) is 14.1 Å². The normalized spacial score (nSPS) is 12.8. The minimum Gasteiger partial charge on any atom is -0.295 e. The Bertz CT molecular complexity index is 876. The third-order valence-electron chi connectivity index (χ3n) is 3.92. The van der Waals surface area contributed by atoms with Crippen LogP contribution in [-0.2, 0) is 14.1 Å². The molecule has 0 saturated heterocycles. The smallest absolute Gasteiger partial charge is 0.295 e. The lowest BCUT2D eigenvalue weighted by Crippen LogP contribution is -2.19. The predicted molar refractivity (Wildman–Crippen MR) is 90.1 cm³/mol. The molecule has 2 aromatic carbocycles. The van der Waals surface area contributed by atoms with Gasteiger partial charge in [0.2, 0.25) is 0 Å². The van der Waals surface area contributed by atoms with Crippen molar-refractivity contribution in [2.45, 2.75) is 11.8 Å². The van der Waals surface area contributed by atoms with Crippen molar-refractivity contribution < 1.29 is 0 Å². The Morgan fingerprint density at radius 3 is 2.33 bits per heavy atom. The number of halogens is 1. The summed E-state index contributed by atoms with van der Waals surface area (Å²) in [6.45, 7) is 2.09. The van der Waals surface area contributed by atoms with Crippen LogP contribution in [0.15, 0.2) is 47.3 Å². The number of benzene rings is 2. The largest absolute Gasteiger partial charge is 0.328 e. The molecule has 3 rings (SSSR count). The van der Waals surface area contributed by atoms with Crippen LogP contribution in [-0.4, -0.2) is 9.13 Å². The highest BCUT2D eigenvalue weighted by molar-refractivity contribution is 9.09. The van der Waals surface area contributed by atoms with Crippen molar-refractivity contribution in [3.63, 3.8) is 0 Å². The number of aryl methyl sites for hydroxylation is 3. The van der Waals surface area contributed by atoms with Gasteiger partial charge < -0.3 is 0 Å². The van der Waals surface area contributed by atoms with Crippen LogP contribution in [0, 0.1) is 6.92 Å². The number of hydrogen-bond donors (Lipinski definition) is 0. The summed E-state index contributed by atoms with van der Waals surface area (Å²) in [5.74, 6) is 0. The van der Waals surface area contributed by atoms with Gasteiger partial charge in [0.25, 0.3) is 0 Å². The maximum atomic E-state index is 12.0. The second kappa shape index (κ2) is 5.19. The van der Waals surface area contributed by atoms with Crippen molar-refractivity contribution in [1.29, 1.82) is 0 Å². The Balaban J connectivity index is 2.13. The summed E-state index contributed by atoms with van der Waals surface area (Å²) in [7, 11) is 3.61. The monoisotopic (exact) mass is 344 g/mol. The summed E-state index contributed by atoms with van der Waals surface area (Å²) in [6, 6.07) is 14.6. The first-order valence-corrected chi connectivity index (χ1v) is 7.76. The maximum absolute atomic E-state index is 12.0. The minimum atomic E-state index is 0.00354. The van der Waals surface area contributed by atoms with Crippen molar-refractivity contribution in [1.82, 2.24) is 9.13 Å². The number of fused-ring (bicyclic) bond motifs is 1. The van der Waals surface area contributed by atoms with Crippen LogP contribution in [0.2, 0.25) is 0 Å². The van der Waals surface area contributed by atoms with E-state index >= 15 is 0 Å². The maximum Gasteiger partial charge on any atom is 0.328 e. The first-order valence-electron chi connectivity index (χ1n) is 6.85. The lowest BCUT2D eigenvalue weighted by molar-refractivity contribution is 0.795. The van der Waals surface area contributed by atoms with Gasteiger partial charge in [0, 0.05) is 14.1 Å². The molecule has 1 aromatic heterocycles. The quantitative estimate of drug-likeness (QED) is 0.651. The Morgan fingerprint density at radius 1 is 0.952 bits per heavy atom. The summed E-state index contributed by atoms with van der Waals surface area (Å²) in [5, 5.41) is 0. The van der Waals surface area contributed by atoms with Crippen LogP contribution in [0.3, 0.4) is 0 Å². The molecule has 0 fully saturated rings. The van der Waals surface area contributed by atoms with Gasteiger partial charge in [-0.3, -0.25) is 9.13 Å². The van der Waals surface area contributed by atoms with Crippen LogP contribution in [0.25, 0.3) is 11.0 Å². The van der Waals surface area contributed by atoms with Crippen LogP contribution < -0.4 is 5.69 Å². The Labute approximate surface area is 132 Å². The van der Waals surface area contributed by atoms with Crippen LogP contribution in [0.1, 0.15) is 21.5 Å². The van der Waals surface area contributed by atoms with E-state index in [2.05, 4.69) is 59.3 Å². The zero-order valence-corrected chi connectivity index (χ0v) is 13.9. The highest BCUT2D eigenvalue weighted by Gasteiger charge is 2.14. The fourth-order valence-electron chi connectivity index (χ4n) is 2.70. The van der Waals surface area contributed by atoms with Crippen molar-refractivity contribution in [3.8, 4) is 0 Å². The molecule has 0 aliphatic heterocycles. The summed E-state index contributed by atoms with van der Waals surface area (Å²) >= 11 is 3.77. The summed E-state index contributed by atoms with van der Waals surface area (Å²) in [6.07, 6.45) is 0.